The van der Waals surface area contributed by atoms with Crippen LogP contribution in [0.5, 0.6) is 5.75 Å². The van der Waals surface area contributed by atoms with E-state index < -0.39 is 10.0 Å². The van der Waals surface area contributed by atoms with Gasteiger partial charge in [0.1, 0.15) is 10.6 Å². The summed E-state index contributed by atoms with van der Waals surface area (Å²) in [5.74, 6) is 0.797. The number of nitrogens with one attached hydrogen (secondary N) is 1. The van der Waals surface area contributed by atoms with Gasteiger partial charge in [0.15, 0.2) is 5.76 Å². The van der Waals surface area contributed by atoms with E-state index in [0.29, 0.717) is 11.3 Å². The fourth-order valence-electron chi connectivity index (χ4n) is 2.07. The van der Waals surface area contributed by atoms with Crippen LogP contribution in [0.1, 0.15) is 11.3 Å². The van der Waals surface area contributed by atoms with Crippen molar-refractivity contribution in [3.8, 4) is 17.1 Å². The SMILES string of the molecule is COCCNS(=O)(=O)c1cc(-c2onc(C)c2C)ccc1OC. The van der Waals surface area contributed by atoms with Crippen molar-refractivity contribution in [2.24, 2.45) is 0 Å². The molecular weight excluding hydrogens is 320 g/mol. The van der Waals surface area contributed by atoms with Crippen LogP contribution >= 0.6 is 0 Å². The second kappa shape index (κ2) is 7.12. The van der Waals surface area contributed by atoms with Gasteiger partial charge in [0.05, 0.1) is 19.4 Å². The molecule has 126 valence electrons. The van der Waals surface area contributed by atoms with Crippen molar-refractivity contribution in [2.45, 2.75) is 18.7 Å². The number of methoxy groups -OCH3 is 2. The Morgan fingerprint density at radius 1 is 1.26 bits per heavy atom. The van der Waals surface area contributed by atoms with E-state index in [9.17, 15) is 8.42 Å². The minimum atomic E-state index is -3.73. The Balaban J connectivity index is 2.46. The molecule has 2 aromatic rings. The van der Waals surface area contributed by atoms with Crippen molar-refractivity contribution in [3.63, 3.8) is 0 Å². The van der Waals surface area contributed by atoms with Crippen LogP contribution in [-0.4, -0.2) is 40.9 Å². The number of hydrogen-bond acceptors (Lipinski definition) is 6. The molecular formula is C15H20N2O5S. The maximum Gasteiger partial charge on any atom is 0.244 e. The Morgan fingerprint density at radius 2 is 2.00 bits per heavy atom. The highest BCUT2D eigenvalue weighted by Crippen LogP contribution is 2.32. The van der Waals surface area contributed by atoms with E-state index in [2.05, 4.69) is 9.88 Å². The average Bonchev–Trinajstić information content (AvgIpc) is 2.86. The van der Waals surface area contributed by atoms with Crippen molar-refractivity contribution in [3.05, 3.63) is 29.5 Å². The fourth-order valence-corrected chi connectivity index (χ4v) is 3.27. The van der Waals surface area contributed by atoms with Crippen LogP contribution < -0.4 is 9.46 Å². The summed E-state index contributed by atoms with van der Waals surface area (Å²) < 4.78 is 42.7. The van der Waals surface area contributed by atoms with Gasteiger partial charge in [-0.05, 0) is 32.0 Å². The van der Waals surface area contributed by atoms with Crippen LogP contribution in [0.2, 0.25) is 0 Å². The summed E-state index contributed by atoms with van der Waals surface area (Å²) in [4.78, 5) is 0.0436. The van der Waals surface area contributed by atoms with E-state index in [4.69, 9.17) is 14.0 Å². The van der Waals surface area contributed by atoms with Gasteiger partial charge < -0.3 is 14.0 Å². The fraction of sp³-hybridized carbons (Fsp3) is 0.400. The maximum atomic E-state index is 12.5. The molecule has 0 spiro atoms. The minimum Gasteiger partial charge on any atom is -0.495 e. The third-order valence-corrected chi connectivity index (χ3v) is 4.95. The zero-order chi connectivity index (χ0) is 17.0. The summed E-state index contributed by atoms with van der Waals surface area (Å²) in [5, 5.41) is 3.90. The molecule has 0 saturated heterocycles. The zero-order valence-electron chi connectivity index (χ0n) is 13.5. The molecule has 1 N–H and O–H groups in total. The molecule has 0 amide bonds. The Labute approximate surface area is 135 Å². The molecule has 2 rings (SSSR count). The first-order valence-electron chi connectivity index (χ1n) is 7.00. The number of benzene rings is 1. The first-order chi connectivity index (χ1) is 10.9. The molecule has 0 radical (unpaired) electrons. The van der Waals surface area contributed by atoms with Crippen LogP contribution in [0.15, 0.2) is 27.6 Å². The summed E-state index contributed by atoms with van der Waals surface area (Å²) in [6, 6.07) is 4.85. The average molecular weight is 340 g/mol. The molecule has 0 aliphatic carbocycles. The summed E-state index contributed by atoms with van der Waals surface area (Å²) in [6.07, 6.45) is 0. The van der Waals surface area contributed by atoms with Gasteiger partial charge in [0.25, 0.3) is 0 Å². The van der Waals surface area contributed by atoms with Crippen LogP contribution in [0.25, 0.3) is 11.3 Å². The third-order valence-electron chi connectivity index (χ3n) is 3.47. The van der Waals surface area contributed by atoms with Gasteiger partial charge in [-0.2, -0.15) is 0 Å². The Hall–Kier alpha value is -1.90. The number of rotatable bonds is 7. The number of hydrogen-bond donors (Lipinski definition) is 1. The molecule has 0 aliphatic rings. The number of aromatic nitrogens is 1. The molecule has 1 aromatic heterocycles. The van der Waals surface area contributed by atoms with E-state index in [0.717, 1.165) is 11.3 Å². The van der Waals surface area contributed by atoms with Gasteiger partial charge in [-0.1, -0.05) is 5.16 Å². The maximum absolute atomic E-state index is 12.5. The van der Waals surface area contributed by atoms with Crippen LogP contribution in [0, 0.1) is 13.8 Å². The monoisotopic (exact) mass is 340 g/mol. The van der Waals surface area contributed by atoms with Gasteiger partial charge in [-0.25, -0.2) is 13.1 Å². The van der Waals surface area contributed by atoms with Gasteiger partial charge >= 0.3 is 0 Å². The van der Waals surface area contributed by atoms with Crippen molar-refractivity contribution in [1.29, 1.82) is 0 Å². The smallest absolute Gasteiger partial charge is 0.244 e. The van der Waals surface area contributed by atoms with E-state index in [1.807, 2.05) is 13.8 Å². The molecule has 0 bridgehead atoms. The van der Waals surface area contributed by atoms with Gasteiger partial charge in [0, 0.05) is 24.8 Å². The second-order valence-corrected chi connectivity index (χ2v) is 6.71. The predicted octanol–water partition coefficient (Wildman–Crippen LogP) is 1.89. The van der Waals surface area contributed by atoms with Gasteiger partial charge in [-0.3, -0.25) is 0 Å². The summed E-state index contributed by atoms with van der Waals surface area (Å²) in [7, 11) is -0.801. The summed E-state index contributed by atoms with van der Waals surface area (Å²) in [5.41, 5.74) is 2.25. The number of nitrogens with zero attached hydrogens (tertiary/aromatic N) is 1. The molecule has 7 nitrogen and oxygen atoms in total. The minimum absolute atomic E-state index is 0.0436. The normalized spacial score (nSPS) is 11.7. The second-order valence-electron chi connectivity index (χ2n) is 4.98. The van der Waals surface area contributed by atoms with E-state index in [-0.39, 0.29) is 23.8 Å². The number of ether oxygens (including phenoxy) is 2. The van der Waals surface area contributed by atoms with Crippen molar-refractivity contribution in [2.75, 3.05) is 27.4 Å². The van der Waals surface area contributed by atoms with Crippen LogP contribution in [0.4, 0.5) is 0 Å². The first kappa shape index (κ1) is 17.5. The predicted molar refractivity (Wildman–Crippen MR) is 85.0 cm³/mol. The first-order valence-corrected chi connectivity index (χ1v) is 8.49. The highest BCUT2D eigenvalue weighted by molar-refractivity contribution is 7.89. The molecule has 0 fully saturated rings. The third kappa shape index (κ3) is 3.72. The van der Waals surface area contributed by atoms with Gasteiger partial charge in [0.2, 0.25) is 10.0 Å². The lowest BCUT2D eigenvalue weighted by atomic mass is 10.1. The lowest BCUT2D eigenvalue weighted by molar-refractivity contribution is 0.204. The van der Waals surface area contributed by atoms with Crippen LogP contribution in [0.3, 0.4) is 0 Å². The van der Waals surface area contributed by atoms with E-state index in [1.165, 1.54) is 20.3 Å². The molecule has 23 heavy (non-hydrogen) atoms. The Kier molecular flexibility index (Phi) is 5.40. The highest BCUT2D eigenvalue weighted by Gasteiger charge is 2.22. The Morgan fingerprint density at radius 3 is 2.57 bits per heavy atom. The van der Waals surface area contributed by atoms with Gasteiger partial charge in [-0.15, -0.1) is 0 Å². The zero-order valence-corrected chi connectivity index (χ0v) is 14.4. The largest absolute Gasteiger partial charge is 0.495 e. The van der Waals surface area contributed by atoms with E-state index in [1.54, 1.807) is 12.1 Å². The Bertz CT molecular complexity index is 783. The molecule has 1 heterocycles. The van der Waals surface area contributed by atoms with Crippen molar-refractivity contribution >= 4 is 10.0 Å². The molecule has 0 aliphatic heterocycles. The lowest BCUT2D eigenvalue weighted by Crippen LogP contribution is -2.27. The number of sulfonamides is 1. The molecule has 0 saturated carbocycles. The highest BCUT2D eigenvalue weighted by atomic mass is 32.2. The quantitative estimate of drug-likeness (QED) is 0.774. The topological polar surface area (TPSA) is 90.7 Å². The van der Waals surface area contributed by atoms with E-state index >= 15 is 0 Å². The number of aryl methyl sites for hydroxylation is 1. The van der Waals surface area contributed by atoms with Crippen LogP contribution in [-0.2, 0) is 14.8 Å². The standard InChI is InChI=1S/C15H20N2O5S/c1-10-11(2)17-22-15(10)12-5-6-13(21-4)14(9-12)23(18,19)16-7-8-20-3/h5-6,9,16H,7-8H2,1-4H3. The van der Waals surface area contributed by atoms with Crippen molar-refractivity contribution < 1.29 is 22.4 Å². The molecule has 0 atom stereocenters. The molecule has 1 aromatic carbocycles. The molecule has 8 heteroatoms. The lowest BCUT2D eigenvalue weighted by Gasteiger charge is -2.12. The van der Waals surface area contributed by atoms with Crippen molar-refractivity contribution in [1.82, 2.24) is 9.88 Å². The molecule has 0 unspecified atom stereocenters. The summed E-state index contributed by atoms with van der Waals surface area (Å²) >= 11 is 0. The summed E-state index contributed by atoms with van der Waals surface area (Å²) in [6.45, 7) is 4.15.